The third kappa shape index (κ3) is 3.44. The lowest BCUT2D eigenvalue weighted by Gasteiger charge is -2.07. The van der Waals surface area contributed by atoms with E-state index in [0.29, 0.717) is 0 Å². The minimum absolute atomic E-state index is 0.0191. The molecule has 0 aliphatic rings. The molecule has 0 spiro atoms. The maximum atomic E-state index is 10.9. The van der Waals surface area contributed by atoms with E-state index in [1.54, 1.807) is 12.1 Å². The Bertz CT molecular complexity index is 685. The van der Waals surface area contributed by atoms with Crippen molar-refractivity contribution >= 4 is 17.1 Å². The summed E-state index contributed by atoms with van der Waals surface area (Å²) in [6, 6.07) is 9.65. The lowest BCUT2D eigenvalue weighted by atomic mass is 10.2. The van der Waals surface area contributed by atoms with Gasteiger partial charge in [0.05, 0.1) is 15.9 Å². The fraction of sp³-hybridized carbons (Fsp3) is 0.0769. The van der Waals surface area contributed by atoms with Crippen LogP contribution in [0.15, 0.2) is 42.5 Å². The summed E-state index contributed by atoms with van der Waals surface area (Å²) in [5.74, 6) is -0.192. The van der Waals surface area contributed by atoms with Crippen molar-refractivity contribution in [2.24, 2.45) is 0 Å². The van der Waals surface area contributed by atoms with E-state index in [4.69, 9.17) is 0 Å². The molecule has 0 aromatic heterocycles. The number of nitro groups is 2. The summed E-state index contributed by atoms with van der Waals surface area (Å²) in [7, 11) is 0. The Hall–Kier alpha value is -3.16. The highest BCUT2D eigenvalue weighted by atomic mass is 16.6. The van der Waals surface area contributed by atoms with Gasteiger partial charge in [0, 0.05) is 18.7 Å². The van der Waals surface area contributed by atoms with Crippen LogP contribution in [0.3, 0.4) is 0 Å². The molecule has 0 saturated heterocycles. The van der Waals surface area contributed by atoms with E-state index in [1.165, 1.54) is 24.3 Å². The van der Waals surface area contributed by atoms with Crippen LogP contribution < -0.4 is 5.32 Å². The van der Waals surface area contributed by atoms with Crippen molar-refractivity contribution in [3.05, 3.63) is 68.3 Å². The van der Waals surface area contributed by atoms with Crippen LogP contribution in [0.4, 0.5) is 17.1 Å². The Labute approximate surface area is 119 Å². The zero-order valence-electron chi connectivity index (χ0n) is 10.7. The van der Waals surface area contributed by atoms with Gasteiger partial charge in [-0.1, -0.05) is 12.1 Å². The molecular weight excluding hydrogens is 278 g/mol. The molecule has 2 aromatic rings. The van der Waals surface area contributed by atoms with Gasteiger partial charge in [-0.2, -0.15) is 0 Å². The lowest BCUT2D eigenvalue weighted by molar-refractivity contribution is -0.384. The number of phenolic OH excluding ortho intramolecular Hbond substituents is 1. The number of non-ortho nitro benzene ring substituents is 1. The number of hydrogen-bond donors (Lipinski definition) is 2. The predicted molar refractivity (Wildman–Crippen MR) is 75.2 cm³/mol. The zero-order valence-corrected chi connectivity index (χ0v) is 10.7. The Morgan fingerprint density at radius 2 is 1.67 bits per heavy atom. The summed E-state index contributed by atoms with van der Waals surface area (Å²) in [5, 5.41) is 33.5. The first kappa shape index (κ1) is 14.3. The minimum atomic E-state index is -0.599. The molecule has 8 heteroatoms. The van der Waals surface area contributed by atoms with Crippen LogP contribution in [0, 0.1) is 20.2 Å². The standard InChI is InChI=1S/C13H11N3O5/c17-11-5-6-12(13(7-11)16(20)21)14-8-9-1-3-10(4-2-9)15(18)19/h1-7,14,17H,8H2. The van der Waals surface area contributed by atoms with Crippen molar-refractivity contribution in [2.75, 3.05) is 5.32 Å². The van der Waals surface area contributed by atoms with E-state index >= 15 is 0 Å². The molecule has 0 saturated carbocycles. The van der Waals surface area contributed by atoms with Gasteiger partial charge in [0.15, 0.2) is 0 Å². The Balaban J connectivity index is 2.13. The Morgan fingerprint density at radius 3 is 2.24 bits per heavy atom. The minimum Gasteiger partial charge on any atom is -0.508 e. The van der Waals surface area contributed by atoms with Gasteiger partial charge in [0.25, 0.3) is 11.4 Å². The fourth-order valence-corrected chi connectivity index (χ4v) is 1.75. The zero-order chi connectivity index (χ0) is 15.4. The average molecular weight is 289 g/mol. The van der Waals surface area contributed by atoms with Crippen molar-refractivity contribution in [3.8, 4) is 5.75 Å². The van der Waals surface area contributed by atoms with Gasteiger partial charge in [0.1, 0.15) is 11.4 Å². The molecule has 8 nitrogen and oxygen atoms in total. The van der Waals surface area contributed by atoms with Gasteiger partial charge in [-0.05, 0) is 17.7 Å². The van der Waals surface area contributed by atoms with Crippen molar-refractivity contribution < 1.29 is 15.0 Å². The number of nitrogens with zero attached hydrogens (tertiary/aromatic N) is 2. The summed E-state index contributed by atoms with van der Waals surface area (Å²) in [5.41, 5.74) is 0.741. The van der Waals surface area contributed by atoms with E-state index < -0.39 is 9.85 Å². The number of nitrogens with one attached hydrogen (secondary N) is 1. The summed E-state index contributed by atoms with van der Waals surface area (Å²) in [4.78, 5) is 20.3. The summed E-state index contributed by atoms with van der Waals surface area (Å²) >= 11 is 0. The predicted octanol–water partition coefficient (Wildman–Crippen LogP) is 2.82. The fourth-order valence-electron chi connectivity index (χ4n) is 1.75. The molecule has 108 valence electrons. The number of hydrogen-bond acceptors (Lipinski definition) is 6. The maximum absolute atomic E-state index is 10.9. The molecular formula is C13H11N3O5. The van der Waals surface area contributed by atoms with Crippen LogP contribution in [0.5, 0.6) is 5.75 Å². The van der Waals surface area contributed by atoms with Crippen molar-refractivity contribution in [1.29, 1.82) is 0 Å². The number of nitro benzene ring substituents is 2. The molecule has 0 amide bonds. The highest BCUT2D eigenvalue weighted by Crippen LogP contribution is 2.28. The quantitative estimate of drug-likeness (QED) is 0.496. The topological polar surface area (TPSA) is 119 Å². The highest BCUT2D eigenvalue weighted by Gasteiger charge is 2.14. The first-order valence-corrected chi connectivity index (χ1v) is 5.92. The van der Waals surface area contributed by atoms with Crippen LogP contribution in [0.25, 0.3) is 0 Å². The molecule has 0 bridgehead atoms. The van der Waals surface area contributed by atoms with Crippen molar-refractivity contribution in [2.45, 2.75) is 6.54 Å². The van der Waals surface area contributed by atoms with Crippen LogP contribution in [-0.4, -0.2) is 15.0 Å². The van der Waals surface area contributed by atoms with Crippen LogP contribution >= 0.6 is 0 Å². The van der Waals surface area contributed by atoms with Gasteiger partial charge in [-0.3, -0.25) is 20.2 Å². The second-order valence-corrected chi connectivity index (χ2v) is 4.24. The second kappa shape index (κ2) is 5.87. The van der Waals surface area contributed by atoms with Crippen molar-refractivity contribution in [1.82, 2.24) is 0 Å². The van der Waals surface area contributed by atoms with Gasteiger partial charge >= 0.3 is 0 Å². The lowest BCUT2D eigenvalue weighted by Crippen LogP contribution is -2.02. The number of benzene rings is 2. The van der Waals surface area contributed by atoms with Gasteiger partial charge in [-0.25, -0.2) is 0 Å². The Kier molecular flexibility index (Phi) is 3.98. The number of anilines is 1. The Morgan fingerprint density at radius 1 is 1.00 bits per heavy atom. The van der Waals surface area contributed by atoms with Crippen LogP contribution in [-0.2, 0) is 6.54 Å². The van der Waals surface area contributed by atoms with E-state index in [-0.39, 0.29) is 29.4 Å². The van der Waals surface area contributed by atoms with Crippen LogP contribution in [0.2, 0.25) is 0 Å². The van der Waals surface area contributed by atoms with Crippen LogP contribution in [0.1, 0.15) is 5.56 Å². The normalized spacial score (nSPS) is 10.1. The van der Waals surface area contributed by atoms with Gasteiger partial charge < -0.3 is 10.4 Å². The molecule has 0 atom stereocenters. The molecule has 0 aliphatic carbocycles. The number of phenols is 1. The molecule has 0 fully saturated rings. The van der Waals surface area contributed by atoms with Gasteiger partial charge in [-0.15, -0.1) is 0 Å². The smallest absolute Gasteiger partial charge is 0.296 e. The summed E-state index contributed by atoms with van der Waals surface area (Å²) in [6.07, 6.45) is 0. The average Bonchev–Trinajstić information content (AvgIpc) is 2.46. The molecule has 2 rings (SSSR count). The molecule has 0 radical (unpaired) electrons. The van der Waals surface area contributed by atoms with Crippen molar-refractivity contribution in [3.63, 3.8) is 0 Å². The molecule has 0 unspecified atom stereocenters. The molecule has 0 heterocycles. The van der Waals surface area contributed by atoms with E-state index in [9.17, 15) is 25.3 Å². The summed E-state index contributed by atoms with van der Waals surface area (Å²) in [6.45, 7) is 0.267. The first-order valence-electron chi connectivity index (χ1n) is 5.92. The van der Waals surface area contributed by atoms with Gasteiger partial charge in [0.2, 0.25) is 0 Å². The third-order valence-electron chi connectivity index (χ3n) is 2.81. The largest absolute Gasteiger partial charge is 0.508 e. The molecule has 2 N–H and O–H groups in total. The second-order valence-electron chi connectivity index (χ2n) is 4.24. The third-order valence-corrected chi connectivity index (χ3v) is 2.81. The first-order chi connectivity index (χ1) is 9.97. The summed E-state index contributed by atoms with van der Waals surface area (Å²) < 4.78 is 0. The van der Waals surface area contributed by atoms with E-state index in [1.807, 2.05) is 0 Å². The molecule has 0 aliphatic heterocycles. The molecule has 2 aromatic carbocycles. The van der Waals surface area contributed by atoms with E-state index in [2.05, 4.69) is 5.32 Å². The maximum Gasteiger partial charge on any atom is 0.296 e. The monoisotopic (exact) mass is 289 g/mol. The van der Waals surface area contributed by atoms with E-state index in [0.717, 1.165) is 11.6 Å². The number of aromatic hydroxyl groups is 1. The highest BCUT2D eigenvalue weighted by molar-refractivity contribution is 5.63. The number of rotatable bonds is 5. The molecule has 21 heavy (non-hydrogen) atoms. The SMILES string of the molecule is O=[N+]([O-])c1ccc(CNc2ccc(O)cc2[N+](=O)[O-])cc1.